The van der Waals surface area contributed by atoms with Crippen LogP contribution < -0.4 is 10.6 Å². The standard InChI is InChI=1S/C11H18F3N5/c1-7(6-19(3)4)16-9-5-8(15-2)17-10(18-9)11(12,13)14/h5,7H,6H2,1-4H3,(H2,15,16,17,18). The van der Waals surface area contributed by atoms with E-state index in [4.69, 9.17) is 0 Å². The van der Waals surface area contributed by atoms with Crippen molar-refractivity contribution in [1.82, 2.24) is 14.9 Å². The third-order valence-corrected chi connectivity index (χ3v) is 2.27. The molecule has 0 amide bonds. The van der Waals surface area contributed by atoms with E-state index in [1.165, 1.54) is 13.1 Å². The summed E-state index contributed by atoms with van der Waals surface area (Å²) in [5, 5.41) is 5.52. The topological polar surface area (TPSA) is 53.1 Å². The largest absolute Gasteiger partial charge is 0.451 e. The predicted molar refractivity (Wildman–Crippen MR) is 68.2 cm³/mol. The van der Waals surface area contributed by atoms with Crippen molar-refractivity contribution in [3.8, 4) is 0 Å². The summed E-state index contributed by atoms with van der Waals surface area (Å²) in [5.41, 5.74) is 0. The van der Waals surface area contributed by atoms with E-state index < -0.39 is 12.0 Å². The van der Waals surface area contributed by atoms with E-state index in [9.17, 15) is 13.2 Å². The van der Waals surface area contributed by atoms with Gasteiger partial charge < -0.3 is 15.5 Å². The fraction of sp³-hybridized carbons (Fsp3) is 0.636. The van der Waals surface area contributed by atoms with Crippen LogP contribution in [0.5, 0.6) is 0 Å². The maximum absolute atomic E-state index is 12.6. The van der Waals surface area contributed by atoms with Gasteiger partial charge in [0.1, 0.15) is 11.6 Å². The van der Waals surface area contributed by atoms with Crippen molar-refractivity contribution in [2.45, 2.75) is 19.1 Å². The summed E-state index contributed by atoms with van der Waals surface area (Å²) in [5.74, 6) is -0.873. The van der Waals surface area contributed by atoms with E-state index in [1.54, 1.807) is 0 Å². The van der Waals surface area contributed by atoms with Crippen LogP contribution in [-0.2, 0) is 6.18 Å². The van der Waals surface area contributed by atoms with Crippen molar-refractivity contribution in [2.24, 2.45) is 0 Å². The van der Waals surface area contributed by atoms with Crippen LogP contribution in [0.3, 0.4) is 0 Å². The highest BCUT2D eigenvalue weighted by Gasteiger charge is 2.35. The lowest BCUT2D eigenvalue weighted by Crippen LogP contribution is -2.30. The first-order valence-corrected chi connectivity index (χ1v) is 5.77. The number of likely N-dealkylation sites (N-methyl/N-ethyl adjacent to an activating group) is 1. The lowest BCUT2D eigenvalue weighted by molar-refractivity contribution is -0.144. The van der Waals surface area contributed by atoms with Gasteiger partial charge in [-0.05, 0) is 21.0 Å². The molecule has 0 aliphatic rings. The Labute approximate surface area is 110 Å². The molecule has 108 valence electrons. The maximum Gasteiger partial charge on any atom is 0.451 e. The number of anilines is 2. The molecule has 1 heterocycles. The number of hydrogen-bond acceptors (Lipinski definition) is 5. The van der Waals surface area contributed by atoms with Gasteiger partial charge in [-0.15, -0.1) is 0 Å². The van der Waals surface area contributed by atoms with Gasteiger partial charge in [0.25, 0.3) is 0 Å². The second-order valence-corrected chi connectivity index (χ2v) is 4.52. The van der Waals surface area contributed by atoms with Crippen LogP contribution in [0.1, 0.15) is 12.7 Å². The van der Waals surface area contributed by atoms with E-state index >= 15 is 0 Å². The molecule has 19 heavy (non-hydrogen) atoms. The minimum absolute atomic E-state index is 0.0318. The molecule has 0 saturated heterocycles. The molecule has 1 aromatic rings. The molecule has 0 fully saturated rings. The van der Waals surface area contributed by atoms with Gasteiger partial charge >= 0.3 is 6.18 Å². The summed E-state index contributed by atoms with van der Waals surface area (Å²) in [4.78, 5) is 8.82. The first kappa shape index (κ1) is 15.5. The predicted octanol–water partition coefficient (Wildman–Crippen LogP) is 1.90. The average Bonchev–Trinajstić information content (AvgIpc) is 2.25. The number of halogens is 3. The zero-order valence-corrected chi connectivity index (χ0v) is 11.3. The molecule has 0 saturated carbocycles. The van der Waals surface area contributed by atoms with Gasteiger partial charge in [0.05, 0.1) is 0 Å². The molecular formula is C11H18F3N5. The van der Waals surface area contributed by atoms with E-state index in [0.717, 1.165) is 0 Å². The Kier molecular flexibility index (Phi) is 4.93. The van der Waals surface area contributed by atoms with Crippen LogP contribution in [0.15, 0.2) is 6.07 Å². The summed E-state index contributed by atoms with van der Waals surface area (Å²) < 4.78 is 37.9. The lowest BCUT2D eigenvalue weighted by atomic mass is 10.3. The number of rotatable bonds is 5. The van der Waals surface area contributed by atoms with Crippen molar-refractivity contribution in [2.75, 3.05) is 38.3 Å². The molecule has 0 spiro atoms. The van der Waals surface area contributed by atoms with E-state index in [1.807, 2.05) is 25.9 Å². The molecule has 2 N–H and O–H groups in total. The highest BCUT2D eigenvalue weighted by Crippen LogP contribution is 2.28. The van der Waals surface area contributed by atoms with Gasteiger partial charge in [-0.2, -0.15) is 13.2 Å². The normalized spacial score (nSPS) is 13.5. The molecule has 0 radical (unpaired) electrons. The van der Waals surface area contributed by atoms with Crippen LogP contribution in [0.25, 0.3) is 0 Å². The summed E-state index contributed by atoms with van der Waals surface area (Å²) >= 11 is 0. The number of hydrogen-bond donors (Lipinski definition) is 2. The minimum atomic E-state index is -4.56. The van der Waals surface area contributed by atoms with Crippen LogP contribution in [-0.4, -0.2) is 48.6 Å². The van der Waals surface area contributed by atoms with Crippen molar-refractivity contribution < 1.29 is 13.2 Å². The van der Waals surface area contributed by atoms with Crippen LogP contribution in [0, 0.1) is 0 Å². The fourth-order valence-electron chi connectivity index (χ4n) is 1.62. The van der Waals surface area contributed by atoms with Crippen molar-refractivity contribution in [3.05, 3.63) is 11.9 Å². The molecule has 1 atom stereocenters. The number of nitrogens with one attached hydrogen (secondary N) is 2. The van der Waals surface area contributed by atoms with Gasteiger partial charge in [0.15, 0.2) is 0 Å². The molecule has 0 aromatic carbocycles. The zero-order chi connectivity index (χ0) is 14.6. The molecule has 1 unspecified atom stereocenters. The van der Waals surface area contributed by atoms with E-state index in [-0.39, 0.29) is 17.7 Å². The number of alkyl halides is 3. The quantitative estimate of drug-likeness (QED) is 0.861. The number of aromatic nitrogens is 2. The first-order chi connectivity index (χ1) is 8.72. The second-order valence-electron chi connectivity index (χ2n) is 4.52. The van der Waals surface area contributed by atoms with Crippen molar-refractivity contribution in [3.63, 3.8) is 0 Å². The Morgan fingerprint density at radius 3 is 2.32 bits per heavy atom. The van der Waals surface area contributed by atoms with Gasteiger partial charge in [-0.3, -0.25) is 0 Å². The molecule has 5 nitrogen and oxygen atoms in total. The van der Waals surface area contributed by atoms with Gasteiger partial charge in [-0.1, -0.05) is 0 Å². The van der Waals surface area contributed by atoms with Crippen LogP contribution >= 0.6 is 0 Å². The molecule has 0 aliphatic carbocycles. The summed E-state index contributed by atoms with van der Waals surface area (Å²) in [6.45, 7) is 2.55. The molecule has 0 aliphatic heterocycles. The third-order valence-electron chi connectivity index (χ3n) is 2.27. The SMILES string of the molecule is CNc1cc(NC(C)CN(C)C)nc(C(F)(F)F)n1. The Balaban J connectivity index is 2.94. The van der Waals surface area contributed by atoms with Crippen LogP contribution in [0.2, 0.25) is 0 Å². The average molecular weight is 277 g/mol. The Morgan fingerprint density at radius 2 is 1.84 bits per heavy atom. The van der Waals surface area contributed by atoms with Gasteiger partial charge in [0.2, 0.25) is 5.82 Å². The lowest BCUT2D eigenvalue weighted by Gasteiger charge is -2.19. The Hall–Kier alpha value is -1.57. The van der Waals surface area contributed by atoms with Crippen molar-refractivity contribution in [1.29, 1.82) is 0 Å². The van der Waals surface area contributed by atoms with Gasteiger partial charge in [-0.25, -0.2) is 9.97 Å². The monoisotopic (exact) mass is 277 g/mol. The van der Waals surface area contributed by atoms with Crippen molar-refractivity contribution >= 4 is 11.6 Å². The fourth-order valence-corrected chi connectivity index (χ4v) is 1.62. The molecule has 0 bridgehead atoms. The first-order valence-electron chi connectivity index (χ1n) is 5.77. The molecular weight excluding hydrogens is 259 g/mol. The molecule has 1 rings (SSSR count). The summed E-state index contributed by atoms with van der Waals surface area (Å²) in [6, 6.07) is 1.41. The molecule has 1 aromatic heterocycles. The zero-order valence-electron chi connectivity index (χ0n) is 11.3. The number of nitrogens with zero attached hydrogens (tertiary/aromatic N) is 3. The highest BCUT2D eigenvalue weighted by molar-refractivity contribution is 5.48. The third kappa shape index (κ3) is 4.90. The minimum Gasteiger partial charge on any atom is -0.373 e. The Bertz CT molecular complexity index is 419. The van der Waals surface area contributed by atoms with E-state index in [0.29, 0.717) is 6.54 Å². The smallest absolute Gasteiger partial charge is 0.373 e. The summed E-state index contributed by atoms with van der Waals surface area (Å²) in [6.07, 6.45) is -4.56. The second kappa shape index (κ2) is 6.05. The van der Waals surface area contributed by atoms with E-state index in [2.05, 4.69) is 20.6 Å². The molecule has 8 heteroatoms. The Morgan fingerprint density at radius 1 is 1.26 bits per heavy atom. The van der Waals surface area contributed by atoms with Gasteiger partial charge in [0, 0.05) is 25.7 Å². The summed E-state index contributed by atoms with van der Waals surface area (Å²) in [7, 11) is 5.28. The maximum atomic E-state index is 12.6. The van der Waals surface area contributed by atoms with Crippen LogP contribution in [0.4, 0.5) is 24.8 Å². The highest BCUT2D eigenvalue weighted by atomic mass is 19.4.